The number of hydrogen-bond acceptors (Lipinski definition) is 2. The molecule has 2 nitrogen and oxygen atoms in total. The van der Waals surface area contributed by atoms with Gasteiger partial charge in [0.15, 0.2) is 0 Å². The zero-order valence-electron chi connectivity index (χ0n) is 17.4. The van der Waals surface area contributed by atoms with Crippen LogP contribution >= 0.6 is 11.6 Å². The molecular weight excluding hydrogens is 342 g/mol. The van der Waals surface area contributed by atoms with Crippen LogP contribution in [0.1, 0.15) is 78.3 Å². The standard InChI is InChI=1S/C23H38ClNO/c1-17(2)6-7-20(21-13-15-26-23(4,5)16-21)12-14-25-18(3)19-8-10-22(24)11-9-19/h8-11,17-18,20-21,25H,6-7,12-16H2,1-5H3/t18-,20+,21+/m1/s1. The van der Waals surface area contributed by atoms with E-state index in [1.165, 1.54) is 37.7 Å². The lowest BCUT2D eigenvalue weighted by Crippen LogP contribution is -2.37. The maximum Gasteiger partial charge on any atom is 0.0629 e. The summed E-state index contributed by atoms with van der Waals surface area (Å²) in [6.07, 6.45) is 6.34. The smallest absolute Gasteiger partial charge is 0.0629 e. The summed E-state index contributed by atoms with van der Waals surface area (Å²) in [6, 6.07) is 8.56. The van der Waals surface area contributed by atoms with E-state index in [1.807, 2.05) is 12.1 Å². The van der Waals surface area contributed by atoms with Crippen LogP contribution in [0.5, 0.6) is 0 Å². The summed E-state index contributed by atoms with van der Waals surface area (Å²) in [6.45, 7) is 13.4. The summed E-state index contributed by atoms with van der Waals surface area (Å²) < 4.78 is 5.96. The first-order valence-electron chi connectivity index (χ1n) is 10.4. The summed E-state index contributed by atoms with van der Waals surface area (Å²) in [7, 11) is 0. The molecule has 1 N–H and O–H groups in total. The van der Waals surface area contributed by atoms with E-state index in [0.717, 1.165) is 35.9 Å². The fraction of sp³-hybridized carbons (Fsp3) is 0.739. The molecule has 1 aliphatic rings. The molecule has 0 saturated carbocycles. The molecule has 0 bridgehead atoms. The Morgan fingerprint density at radius 2 is 1.81 bits per heavy atom. The summed E-state index contributed by atoms with van der Waals surface area (Å²) in [5, 5.41) is 4.52. The van der Waals surface area contributed by atoms with Crippen molar-refractivity contribution < 1.29 is 4.74 Å². The van der Waals surface area contributed by atoms with Crippen molar-refractivity contribution in [2.24, 2.45) is 17.8 Å². The van der Waals surface area contributed by atoms with Gasteiger partial charge in [0.2, 0.25) is 0 Å². The number of nitrogens with one attached hydrogen (secondary N) is 1. The lowest BCUT2D eigenvalue weighted by Gasteiger charge is -2.39. The van der Waals surface area contributed by atoms with E-state index in [-0.39, 0.29) is 5.60 Å². The maximum absolute atomic E-state index is 6.00. The summed E-state index contributed by atoms with van der Waals surface area (Å²) in [5.41, 5.74) is 1.35. The second-order valence-electron chi connectivity index (χ2n) is 9.11. The molecule has 0 aromatic heterocycles. The summed E-state index contributed by atoms with van der Waals surface area (Å²) in [4.78, 5) is 0. The molecule has 1 saturated heterocycles. The maximum atomic E-state index is 6.00. The highest BCUT2D eigenvalue weighted by molar-refractivity contribution is 6.30. The second-order valence-corrected chi connectivity index (χ2v) is 9.54. The van der Waals surface area contributed by atoms with Crippen LogP contribution in [0.4, 0.5) is 0 Å². The molecule has 1 aliphatic heterocycles. The molecule has 1 fully saturated rings. The van der Waals surface area contributed by atoms with Crippen LogP contribution in [0, 0.1) is 17.8 Å². The largest absolute Gasteiger partial charge is 0.376 e. The van der Waals surface area contributed by atoms with E-state index in [2.05, 4.69) is 52.1 Å². The minimum absolute atomic E-state index is 0.0447. The summed E-state index contributed by atoms with van der Waals surface area (Å²) >= 11 is 6.00. The van der Waals surface area contributed by atoms with Crippen molar-refractivity contribution in [3.05, 3.63) is 34.9 Å². The van der Waals surface area contributed by atoms with Crippen molar-refractivity contribution in [2.45, 2.75) is 78.4 Å². The molecule has 3 heteroatoms. The third-order valence-corrected chi connectivity index (χ3v) is 6.10. The predicted molar refractivity (Wildman–Crippen MR) is 113 cm³/mol. The third kappa shape index (κ3) is 7.21. The highest BCUT2D eigenvalue weighted by atomic mass is 35.5. The first-order chi connectivity index (χ1) is 12.3. The summed E-state index contributed by atoms with van der Waals surface area (Å²) in [5.74, 6) is 2.38. The van der Waals surface area contributed by atoms with Crippen LogP contribution in [0.25, 0.3) is 0 Å². The van der Waals surface area contributed by atoms with Crippen molar-refractivity contribution in [1.29, 1.82) is 0 Å². The molecule has 0 spiro atoms. The Morgan fingerprint density at radius 1 is 1.12 bits per heavy atom. The quantitative estimate of drug-likeness (QED) is 0.519. The normalized spacial score (nSPS) is 22.3. The molecular formula is C23H38ClNO. The van der Waals surface area contributed by atoms with E-state index in [4.69, 9.17) is 16.3 Å². The molecule has 3 atom stereocenters. The van der Waals surface area contributed by atoms with E-state index in [0.29, 0.717) is 6.04 Å². The minimum Gasteiger partial charge on any atom is -0.376 e. The van der Waals surface area contributed by atoms with Gasteiger partial charge in [0.1, 0.15) is 0 Å². The van der Waals surface area contributed by atoms with Crippen LogP contribution in [0.2, 0.25) is 5.02 Å². The van der Waals surface area contributed by atoms with E-state index < -0.39 is 0 Å². The Balaban J connectivity index is 1.88. The average Bonchev–Trinajstić information content (AvgIpc) is 2.57. The van der Waals surface area contributed by atoms with Crippen molar-refractivity contribution in [3.8, 4) is 0 Å². The van der Waals surface area contributed by atoms with Crippen LogP contribution in [0.15, 0.2) is 24.3 Å². The lowest BCUT2D eigenvalue weighted by atomic mass is 9.75. The minimum atomic E-state index is 0.0447. The van der Waals surface area contributed by atoms with Crippen molar-refractivity contribution >= 4 is 11.6 Å². The average molecular weight is 380 g/mol. The van der Waals surface area contributed by atoms with Crippen molar-refractivity contribution in [3.63, 3.8) is 0 Å². The zero-order valence-corrected chi connectivity index (χ0v) is 18.1. The predicted octanol–water partition coefficient (Wildman–Crippen LogP) is 6.64. The first kappa shape index (κ1) is 21.7. The van der Waals surface area contributed by atoms with Gasteiger partial charge in [-0.1, -0.05) is 44.0 Å². The molecule has 0 amide bonds. The van der Waals surface area contributed by atoms with Gasteiger partial charge in [0.05, 0.1) is 5.60 Å². The number of hydrogen-bond donors (Lipinski definition) is 1. The van der Waals surface area contributed by atoms with Crippen molar-refractivity contribution in [2.75, 3.05) is 13.2 Å². The second kappa shape index (κ2) is 10.1. The number of halogens is 1. The Labute approximate surface area is 166 Å². The highest BCUT2D eigenvalue weighted by Crippen LogP contribution is 2.37. The van der Waals surface area contributed by atoms with Crippen LogP contribution in [-0.2, 0) is 4.74 Å². The molecule has 1 aromatic carbocycles. The van der Waals surface area contributed by atoms with Crippen LogP contribution < -0.4 is 5.32 Å². The molecule has 1 heterocycles. The van der Waals surface area contributed by atoms with Crippen molar-refractivity contribution in [1.82, 2.24) is 5.32 Å². The fourth-order valence-electron chi connectivity index (χ4n) is 4.20. The number of benzene rings is 1. The van der Waals surface area contributed by atoms with Crippen LogP contribution in [-0.4, -0.2) is 18.8 Å². The molecule has 1 aromatic rings. The van der Waals surface area contributed by atoms with E-state index >= 15 is 0 Å². The van der Waals surface area contributed by atoms with Gasteiger partial charge in [-0.2, -0.15) is 0 Å². The fourth-order valence-corrected chi connectivity index (χ4v) is 4.33. The topological polar surface area (TPSA) is 21.3 Å². The Kier molecular flexibility index (Phi) is 8.44. The van der Waals surface area contributed by atoms with E-state index in [1.54, 1.807) is 0 Å². The Hall–Kier alpha value is -0.570. The number of ether oxygens (including phenoxy) is 1. The molecule has 0 aliphatic carbocycles. The van der Waals surface area contributed by atoms with Crippen LogP contribution in [0.3, 0.4) is 0 Å². The molecule has 2 rings (SSSR count). The van der Waals surface area contributed by atoms with Gasteiger partial charge in [-0.25, -0.2) is 0 Å². The monoisotopic (exact) mass is 379 g/mol. The number of rotatable bonds is 9. The molecule has 0 radical (unpaired) electrons. The van der Waals surface area contributed by atoms with Gasteiger partial charge in [-0.05, 0) is 88.4 Å². The van der Waals surface area contributed by atoms with Gasteiger partial charge in [-0.3, -0.25) is 0 Å². The van der Waals surface area contributed by atoms with Gasteiger partial charge in [0, 0.05) is 17.7 Å². The van der Waals surface area contributed by atoms with Gasteiger partial charge in [-0.15, -0.1) is 0 Å². The lowest BCUT2D eigenvalue weighted by molar-refractivity contribution is -0.0840. The zero-order chi connectivity index (χ0) is 19.2. The molecule has 26 heavy (non-hydrogen) atoms. The first-order valence-corrected chi connectivity index (χ1v) is 10.8. The van der Waals surface area contributed by atoms with Gasteiger partial charge < -0.3 is 10.1 Å². The Bertz CT molecular complexity index is 526. The van der Waals surface area contributed by atoms with Gasteiger partial charge >= 0.3 is 0 Å². The Morgan fingerprint density at radius 3 is 2.42 bits per heavy atom. The highest BCUT2D eigenvalue weighted by Gasteiger charge is 2.33. The third-order valence-electron chi connectivity index (χ3n) is 5.85. The van der Waals surface area contributed by atoms with E-state index in [9.17, 15) is 0 Å². The molecule has 0 unspecified atom stereocenters. The van der Waals surface area contributed by atoms with Gasteiger partial charge in [0.25, 0.3) is 0 Å². The SMILES string of the molecule is CC(C)CC[C@@H](CCN[C@H](C)c1ccc(Cl)cc1)[C@H]1CCOC(C)(C)C1. The molecule has 148 valence electrons.